The van der Waals surface area contributed by atoms with E-state index in [9.17, 15) is 4.79 Å². The van der Waals surface area contributed by atoms with E-state index in [-0.39, 0.29) is 12.5 Å². The first kappa shape index (κ1) is 18.9. The van der Waals surface area contributed by atoms with E-state index < -0.39 is 0 Å². The van der Waals surface area contributed by atoms with Crippen molar-refractivity contribution in [3.05, 3.63) is 34.1 Å². The fourth-order valence-electron chi connectivity index (χ4n) is 2.30. The number of anilines is 3. The van der Waals surface area contributed by atoms with Crippen LogP contribution in [0.1, 0.15) is 25.0 Å². The van der Waals surface area contributed by atoms with E-state index in [0.29, 0.717) is 29.8 Å². The summed E-state index contributed by atoms with van der Waals surface area (Å²) in [6, 6.07) is 5.94. The number of aromatic nitrogens is 3. The van der Waals surface area contributed by atoms with Crippen LogP contribution in [-0.4, -0.2) is 33.5 Å². The van der Waals surface area contributed by atoms with Crippen LogP contribution in [-0.2, 0) is 11.3 Å². The molecule has 1 aromatic heterocycles. The summed E-state index contributed by atoms with van der Waals surface area (Å²) < 4.78 is 1.90. The molecule has 0 saturated heterocycles. The number of hydrogen-bond donors (Lipinski definition) is 3. The number of rotatable bonds is 7. The molecule has 0 bridgehead atoms. The maximum absolute atomic E-state index is 12.5. The largest absolute Gasteiger partial charge is 0.356 e. The normalized spacial score (nSPS) is 10.4. The van der Waals surface area contributed by atoms with Gasteiger partial charge in [-0.1, -0.05) is 12.1 Å². The molecule has 0 aliphatic heterocycles. The lowest BCUT2D eigenvalue weighted by atomic mass is 10.1. The molecule has 7 nitrogen and oxygen atoms in total. The van der Waals surface area contributed by atoms with Crippen LogP contribution in [0.3, 0.4) is 0 Å². The highest BCUT2D eigenvalue weighted by Gasteiger charge is 2.12. The molecule has 3 N–H and O–H groups in total. The zero-order chi connectivity index (χ0) is 18.4. The molecule has 1 aromatic carbocycles. The van der Waals surface area contributed by atoms with Crippen LogP contribution < -0.4 is 16.0 Å². The highest BCUT2D eigenvalue weighted by molar-refractivity contribution is 7.71. The van der Waals surface area contributed by atoms with Gasteiger partial charge >= 0.3 is 0 Å². The van der Waals surface area contributed by atoms with Crippen molar-refractivity contribution in [1.82, 2.24) is 14.5 Å². The molecule has 0 atom stereocenters. The fraction of sp³-hybridized carbons (Fsp3) is 0.412. The van der Waals surface area contributed by atoms with E-state index in [1.54, 1.807) is 4.57 Å². The van der Waals surface area contributed by atoms with Crippen LogP contribution in [0.5, 0.6) is 0 Å². The van der Waals surface area contributed by atoms with Crippen molar-refractivity contribution in [3.63, 3.8) is 0 Å². The maximum Gasteiger partial charge on any atom is 0.244 e. The molecule has 0 spiro atoms. The molecule has 0 saturated carbocycles. The van der Waals surface area contributed by atoms with Crippen molar-refractivity contribution in [2.75, 3.05) is 29.0 Å². The molecular formula is C17H24N6OS. The molecule has 0 unspecified atom stereocenters. The van der Waals surface area contributed by atoms with Crippen LogP contribution in [0.15, 0.2) is 18.2 Å². The SMILES string of the molecule is CCNc1nc(NCC)n(CC(=O)Nc2cc(C)ccc2C)c(=S)n1. The Hall–Kier alpha value is -2.48. The van der Waals surface area contributed by atoms with Gasteiger partial charge in [0.15, 0.2) is 0 Å². The Bertz CT molecular complexity index is 817. The summed E-state index contributed by atoms with van der Waals surface area (Å²) in [5.74, 6) is 0.799. The first-order valence-electron chi connectivity index (χ1n) is 8.28. The van der Waals surface area contributed by atoms with Crippen LogP contribution in [0.4, 0.5) is 17.6 Å². The predicted octanol–water partition coefficient (Wildman–Crippen LogP) is 3.13. The second-order valence-electron chi connectivity index (χ2n) is 5.67. The summed E-state index contributed by atoms with van der Waals surface area (Å²) >= 11 is 5.34. The Morgan fingerprint density at radius 3 is 2.56 bits per heavy atom. The summed E-state index contributed by atoms with van der Waals surface area (Å²) in [6.07, 6.45) is 0. The molecule has 25 heavy (non-hydrogen) atoms. The Morgan fingerprint density at radius 2 is 1.88 bits per heavy atom. The van der Waals surface area contributed by atoms with Gasteiger partial charge in [-0.25, -0.2) is 0 Å². The fourth-order valence-corrected chi connectivity index (χ4v) is 2.54. The minimum Gasteiger partial charge on any atom is -0.356 e. The van der Waals surface area contributed by atoms with Gasteiger partial charge in [-0.3, -0.25) is 9.36 Å². The Kier molecular flexibility index (Phi) is 6.46. The standard InChI is InChI=1S/C17H24N6OS/c1-5-18-15-21-16(19-6-2)23(17(25)22-15)10-14(24)20-13-9-11(3)7-8-12(13)4/h7-9H,5-6,10H2,1-4H3,(H,20,24)(H2,18,19,21,22,25). The number of hydrogen-bond acceptors (Lipinski definition) is 6. The lowest BCUT2D eigenvalue weighted by Crippen LogP contribution is -2.24. The molecule has 2 aromatic rings. The van der Waals surface area contributed by atoms with E-state index in [0.717, 1.165) is 16.8 Å². The molecule has 0 aliphatic rings. The van der Waals surface area contributed by atoms with Crippen molar-refractivity contribution in [1.29, 1.82) is 0 Å². The zero-order valence-corrected chi connectivity index (χ0v) is 15.8. The molecule has 2 rings (SSSR count). The number of aryl methyl sites for hydroxylation is 2. The topological polar surface area (TPSA) is 83.9 Å². The summed E-state index contributed by atoms with van der Waals surface area (Å²) in [6.45, 7) is 9.26. The summed E-state index contributed by atoms with van der Waals surface area (Å²) in [5.41, 5.74) is 2.89. The monoisotopic (exact) mass is 360 g/mol. The van der Waals surface area contributed by atoms with Gasteiger partial charge in [-0.2, -0.15) is 9.97 Å². The quantitative estimate of drug-likeness (QED) is 0.658. The predicted molar refractivity (Wildman–Crippen MR) is 104 cm³/mol. The van der Waals surface area contributed by atoms with Gasteiger partial charge in [0.25, 0.3) is 0 Å². The van der Waals surface area contributed by atoms with E-state index in [2.05, 4.69) is 25.9 Å². The highest BCUT2D eigenvalue weighted by Crippen LogP contribution is 2.17. The lowest BCUT2D eigenvalue weighted by molar-refractivity contribution is -0.116. The number of benzene rings is 1. The maximum atomic E-state index is 12.5. The van der Waals surface area contributed by atoms with Crippen molar-refractivity contribution < 1.29 is 4.79 Å². The molecule has 1 heterocycles. The summed E-state index contributed by atoms with van der Waals surface area (Å²) in [4.78, 5) is 21.1. The molecular weight excluding hydrogens is 336 g/mol. The van der Waals surface area contributed by atoms with Gasteiger partial charge in [-0.05, 0) is 57.1 Å². The average molecular weight is 360 g/mol. The van der Waals surface area contributed by atoms with Gasteiger partial charge in [0.1, 0.15) is 6.54 Å². The third-order valence-corrected chi connectivity index (χ3v) is 3.85. The minimum absolute atomic E-state index is 0.0426. The molecule has 134 valence electrons. The Labute approximate surface area is 152 Å². The number of carbonyl (C=O) groups excluding carboxylic acids is 1. The zero-order valence-electron chi connectivity index (χ0n) is 15.0. The van der Waals surface area contributed by atoms with Crippen molar-refractivity contribution in [3.8, 4) is 0 Å². The van der Waals surface area contributed by atoms with Crippen molar-refractivity contribution in [2.45, 2.75) is 34.2 Å². The van der Waals surface area contributed by atoms with Gasteiger partial charge < -0.3 is 16.0 Å². The third kappa shape index (κ3) is 4.99. The van der Waals surface area contributed by atoms with Crippen LogP contribution in [0, 0.1) is 18.6 Å². The third-order valence-electron chi connectivity index (χ3n) is 3.54. The van der Waals surface area contributed by atoms with Crippen molar-refractivity contribution in [2.24, 2.45) is 0 Å². The number of carbonyl (C=O) groups is 1. The second-order valence-corrected chi connectivity index (χ2v) is 6.03. The molecule has 0 fully saturated rings. The minimum atomic E-state index is -0.177. The molecule has 0 aliphatic carbocycles. The second kappa shape index (κ2) is 8.57. The summed E-state index contributed by atoms with van der Waals surface area (Å²) in [5, 5.41) is 9.10. The molecule has 0 radical (unpaired) electrons. The van der Waals surface area contributed by atoms with Crippen LogP contribution in [0.25, 0.3) is 0 Å². The first-order valence-corrected chi connectivity index (χ1v) is 8.69. The highest BCUT2D eigenvalue weighted by atomic mass is 32.1. The van der Waals surface area contributed by atoms with E-state index in [1.165, 1.54) is 0 Å². The van der Waals surface area contributed by atoms with E-state index >= 15 is 0 Å². The van der Waals surface area contributed by atoms with Gasteiger partial charge in [0, 0.05) is 18.8 Å². The number of nitrogens with zero attached hydrogens (tertiary/aromatic N) is 3. The van der Waals surface area contributed by atoms with E-state index in [1.807, 2.05) is 45.9 Å². The summed E-state index contributed by atoms with van der Waals surface area (Å²) in [7, 11) is 0. The van der Waals surface area contributed by atoms with E-state index in [4.69, 9.17) is 12.2 Å². The lowest BCUT2D eigenvalue weighted by Gasteiger charge is -2.15. The number of amides is 1. The molecule has 8 heteroatoms. The smallest absolute Gasteiger partial charge is 0.244 e. The van der Waals surface area contributed by atoms with Crippen LogP contribution >= 0.6 is 12.2 Å². The van der Waals surface area contributed by atoms with Crippen LogP contribution in [0.2, 0.25) is 0 Å². The Morgan fingerprint density at radius 1 is 1.16 bits per heavy atom. The molecule has 1 amide bonds. The van der Waals surface area contributed by atoms with Gasteiger partial charge in [-0.15, -0.1) is 0 Å². The average Bonchev–Trinajstić information content (AvgIpc) is 2.55. The Balaban J connectivity index is 2.24. The first-order chi connectivity index (χ1) is 11.9. The van der Waals surface area contributed by atoms with Gasteiger partial charge in [0.2, 0.25) is 22.6 Å². The van der Waals surface area contributed by atoms with Gasteiger partial charge in [0.05, 0.1) is 0 Å². The number of nitrogens with one attached hydrogen (secondary N) is 3. The van der Waals surface area contributed by atoms with Crippen molar-refractivity contribution >= 4 is 35.7 Å².